The summed E-state index contributed by atoms with van der Waals surface area (Å²) in [5.74, 6) is 1.60. The first-order valence-electron chi connectivity index (χ1n) is 12.0. The molecule has 0 aromatic rings. The molecule has 6 nitrogen and oxygen atoms in total. The summed E-state index contributed by atoms with van der Waals surface area (Å²) in [5, 5.41) is 0.491. The minimum Gasteiger partial charge on any atom is -0.299 e. The van der Waals surface area contributed by atoms with Crippen LogP contribution in [-0.2, 0) is 24.0 Å². The summed E-state index contributed by atoms with van der Waals surface area (Å²) in [4.78, 5) is 57.2. The molecule has 188 valence electrons. The summed E-state index contributed by atoms with van der Waals surface area (Å²) >= 11 is 3.07. The maximum atomic E-state index is 11.9. The van der Waals surface area contributed by atoms with Crippen LogP contribution in [0.1, 0.15) is 80.6 Å². The summed E-state index contributed by atoms with van der Waals surface area (Å²) < 4.78 is 0. The van der Waals surface area contributed by atoms with E-state index in [1.54, 1.807) is 0 Å². The molecule has 0 unspecified atom stereocenters. The molecule has 33 heavy (non-hydrogen) atoms. The molecule has 0 bridgehead atoms. The first-order chi connectivity index (χ1) is 15.3. The van der Waals surface area contributed by atoms with E-state index in [1.807, 2.05) is 48.5 Å². The second-order valence-electron chi connectivity index (χ2n) is 9.62. The van der Waals surface area contributed by atoms with Gasteiger partial charge < -0.3 is 0 Å². The Morgan fingerprint density at radius 1 is 0.848 bits per heavy atom. The van der Waals surface area contributed by atoms with E-state index in [4.69, 9.17) is 0 Å². The van der Waals surface area contributed by atoms with Crippen LogP contribution in [0.3, 0.4) is 0 Å². The van der Waals surface area contributed by atoms with Gasteiger partial charge in [-0.05, 0) is 31.6 Å². The van der Waals surface area contributed by atoms with Gasteiger partial charge in [-0.1, -0.05) is 64.4 Å². The molecule has 1 aliphatic heterocycles. The Hall–Kier alpha value is -1.63. The molecule has 1 saturated carbocycles. The van der Waals surface area contributed by atoms with Crippen molar-refractivity contribution in [3.05, 3.63) is 12.2 Å². The van der Waals surface area contributed by atoms with Crippen LogP contribution in [0.25, 0.3) is 0 Å². The molecular formula is C26H42BrNO5. The third kappa shape index (κ3) is 11.9. The normalized spacial score (nSPS) is 19.9. The standard InChI is InChI=1S/C15H21NO3.C6H12O.C5H9BrO/c1-10(2)15(19)12-5-3-11(4-6-12)9-16-13(17)7-8-14(16)18;1-4-6(7)5(2)3;1-4(2)5(7)3-6/h7-8,10-12H,3-6,9H2,1-2H3;5H,4H2,1-3H3;4H,3H2,1-2H3. The van der Waals surface area contributed by atoms with E-state index in [0.717, 1.165) is 25.7 Å². The highest BCUT2D eigenvalue weighted by Crippen LogP contribution is 2.31. The summed E-state index contributed by atoms with van der Waals surface area (Å²) in [6, 6.07) is 0. The van der Waals surface area contributed by atoms with E-state index >= 15 is 0 Å². The lowest BCUT2D eigenvalue weighted by Gasteiger charge is -2.30. The Labute approximate surface area is 208 Å². The maximum absolute atomic E-state index is 11.9. The van der Waals surface area contributed by atoms with E-state index in [1.165, 1.54) is 17.1 Å². The predicted molar refractivity (Wildman–Crippen MR) is 135 cm³/mol. The van der Waals surface area contributed by atoms with Gasteiger partial charge in [0.25, 0.3) is 11.8 Å². The summed E-state index contributed by atoms with van der Waals surface area (Å²) in [5.41, 5.74) is 0. The number of imide groups is 1. The average Bonchev–Trinajstić information content (AvgIpc) is 3.10. The summed E-state index contributed by atoms with van der Waals surface area (Å²) in [6.45, 7) is 13.9. The predicted octanol–water partition coefficient (Wildman–Crippen LogP) is 5.17. The van der Waals surface area contributed by atoms with Gasteiger partial charge >= 0.3 is 0 Å². The number of hydrogen-bond acceptors (Lipinski definition) is 5. The number of carbonyl (C=O) groups excluding carboxylic acids is 5. The van der Waals surface area contributed by atoms with Crippen molar-refractivity contribution in [2.45, 2.75) is 80.6 Å². The Kier molecular flexibility index (Phi) is 15.3. The van der Waals surface area contributed by atoms with Gasteiger partial charge in [-0.25, -0.2) is 0 Å². The number of amides is 2. The molecule has 2 amide bonds. The fourth-order valence-electron chi connectivity index (χ4n) is 3.53. The third-order valence-corrected chi connectivity index (χ3v) is 6.48. The zero-order valence-electron chi connectivity index (χ0n) is 21.4. The summed E-state index contributed by atoms with van der Waals surface area (Å²) in [7, 11) is 0. The van der Waals surface area contributed by atoms with Gasteiger partial charge in [0.2, 0.25) is 0 Å². The quantitative estimate of drug-likeness (QED) is 0.320. The molecule has 0 aromatic heterocycles. The largest absolute Gasteiger partial charge is 0.299 e. The SMILES string of the molecule is CC(C)C(=O)C1CCC(CN2C(=O)C=CC2=O)CC1.CC(C)C(=O)CBr.CCC(=O)C(C)C. The Morgan fingerprint density at radius 3 is 1.58 bits per heavy atom. The number of halogens is 1. The average molecular weight is 529 g/mol. The minimum absolute atomic E-state index is 0.104. The van der Waals surface area contributed by atoms with Crippen molar-refractivity contribution >= 4 is 45.1 Å². The molecule has 2 rings (SSSR count). The summed E-state index contributed by atoms with van der Waals surface area (Å²) in [6.07, 6.45) is 6.99. The molecule has 1 heterocycles. The number of nitrogens with zero attached hydrogens (tertiary/aromatic N) is 1. The number of hydrogen-bond donors (Lipinski definition) is 0. The van der Waals surface area contributed by atoms with Crippen molar-refractivity contribution in [3.63, 3.8) is 0 Å². The molecule has 0 N–H and O–H groups in total. The smallest absolute Gasteiger partial charge is 0.253 e. The van der Waals surface area contributed by atoms with Crippen molar-refractivity contribution < 1.29 is 24.0 Å². The van der Waals surface area contributed by atoms with Crippen molar-refractivity contribution in [3.8, 4) is 0 Å². The first-order valence-corrected chi connectivity index (χ1v) is 13.2. The monoisotopic (exact) mass is 527 g/mol. The van der Waals surface area contributed by atoms with Gasteiger partial charge in [-0.3, -0.25) is 28.9 Å². The molecule has 2 aliphatic rings. The van der Waals surface area contributed by atoms with Crippen LogP contribution in [0.15, 0.2) is 12.2 Å². The second-order valence-corrected chi connectivity index (χ2v) is 10.2. The van der Waals surface area contributed by atoms with Gasteiger partial charge in [0.15, 0.2) is 0 Å². The third-order valence-electron chi connectivity index (χ3n) is 5.93. The Bertz CT molecular complexity index is 665. The molecule has 0 atom stereocenters. The highest BCUT2D eigenvalue weighted by Gasteiger charge is 2.31. The molecule has 0 spiro atoms. The number of ketones is 3. The van der Waals surface area contributed by atoms with Crippen molar-refractivity contribution in [1.82, 2.24) is 4.90 Å². The first kappa shape index (κ1) is 31.4. The van der Waals surface area contributed by atoms with Crippen LogP contribution in [0.4, 0.5) is 0 Å². The van der Waals surface area contributed by atoms with E-state index < -0.39 is 0 Å². The Balaban J connectivity index is 0.000000605. The van der Waals surface area contributed by atoms with Crippen LogP contribution in [0.5, 0.6) is 0 Å². The van der Waals surface area contributed by atoms with E-state index in [2.05, 4.69) is 15.9 Å². The van der Waals surface area contributed by atoms with Crippen molar-refractivity contribution in [1.29, 1.82) is 0 Å². The lowest BCUT2D eigenvalue weighted by molar-refractivity contribution is -0.138. The number of carbonyl (C=O) groups is 5. The minimum atomic E-state index is -0.203. The zero-order chi connectivity index (χ0) is 25.7. The van der Waals surface area contributed by atoms with Gasteiger partial charge in [0.1, 0.15) is 17.3 Å². The van der Waals surface area contributed by atoms with Gasteiger partial charge in [0.05, 0.1) is 5.33 Å². The molecule has 0 aromatic carbocycles. The van der Waals surface area contributed by atoms with Crippen molar-refractivity contribution in [2.75, 3.05) is 11.9 Å². The zero-order valence-corrected chi connectivity index (χ0v) is 22.9. The topological polar surface area (TPSA) is 88.6 Å². The lowest BCUT2D eigenvalue weighted by atomic mass is 9.77. The molecular weight excluding hydrogens is 486 g/mol. The van der Waals surface area contributed by atoms with Crippen molar-refractivity contribution in [2.24, 2.45) is 29.6 Å². The number of rotatable bonds is 8. The number of Topliss-reactive ketones (excluding diaryl/α,β-unsaturated/α-hetero) is 3. The van der Waals surface area contributed by atoms with E-state index in [-0.39, 0.29) is 41.3 Å². The fourth-order valence-corrected chi connectivity index (χ4v) is 4.18. The van der Waals surface area contributed by atoms with E-state index in [0.29, 0.717) is 35.8 Å². The van der Waals surface area contributed by atoms with Gasteiger partial charge in [-0.15, -0.1) is 0 Å². The highest BCUT2D eigenvalue weighted by atomic mass is 79.9. The van der Waals surface area contributed by atoms with Crippen LogP contribution in [0, 0.1) is 29.6 Å². The highest BCUT2D eigenvalue weighted by molar-refractivity contribution is 9.09. The van der Waals surface area contributed by atoms with Crippen LogP contribution in [0.2, 0.25) is 0 Å². The van der Waals surface area contributed by atoms with Crippen LogP contribution >= 0.6 is 15.9 Å². The molecule has 0 radical (unpaired) electrons. The molecule has 1 aliphatic carbocycles. The number of alkyl halides is 1. The Morgan fingerprint density at radius 2 is 1.30 bits per heavy atom. The molecule has 1 fully saturated rings. The second kappa shape index (κ2) is 16.1. The van der Waals surface area contributed by atoms with Gasteiger partial charge in [-0.2, -0.15) is 0 Å². The fraction of sp³-hybridized carbons (Fsp3) is 0.731. The van der Waals surface area contributed by atoms with E-state index in [9.17, 15) is 24.0 Å². The maximum Gasteiger partial charge on any atom is 0.253 e. The van der Waals surface area contributed by atoms with Gasteiger partial charge in [0, 0.05) is 48.8 Å². The molecule has 0 saturated heterocycles. The van der Waals surface area contributed by atoms with Crippen LogP contribution in [-0.4, -0.2) is 45.9 Å². The lowest BCUT2D eigenvalue weighted by Crippen LogP contribution is -2.36. The molecule has 7 heteroatoms. The van der Waals surface area contributed by atoms with Crippen LogP contribution < -0.4 is 0 Å².